The fourth-order valence-electron chi connectivity index (χ4n) is 1.65. The highest BCUT2D eigenvalue weighted by atomic mass is 32.2. The molecule has 1 heterocycles. The first-order chi connectivity index (χ1) is 9.65. The standard InChI is InChI=1S/C12H22N4O3S2/c1-5-6-16(3)12-14-10(13)9(20-12)11(17)15(2)7-8-21(4,18)19/h5-8,13H2,1-4H3. The first-order valence-corrected chi connectivity index (χ1v) is 9.44. The Morgan fingerprint density at radius 3 is 2.48 bits per heavy atom. The fraction of sp³-hybridized carbons (Fsp3) is 0.667. The van der Waals surface area contributed by atoms with Gasteiger partial charge in [0.15, 0.2) is 5.13 Å². The van der Waals surface area contributed by atoms with E-state index in [0.29, 0.717) is 10.0 Å². The number of carbonyl (C=O) groups excluding carboxylic acids is 1. The second-order valence-electron chi connectivity index (χ2n) is 4.99. The van der Waals surface area contributed by atoms with Crippen molar-refractivity contribution in [2.45, 2.75) is 13.3 Å². The molecule has 0 atom stereocenters. The van der Waals surface area contributed by atoms with Crippen LogP contribution in [0.2, 0.25) is 0 Å². The Hall–Kier alpha value is -1.35. The molecule has 0 fully saturated rings. The number of nitrogens with zero attached hydrogens (tertiary/aromatic N) is 3. The molecule has 0 aliphatic carbocycles. The van der Waals surface area contributed by atoms with Crippen LogP contribution in [0.15, 0.2) is 0 Å². The Balaban J connectivity index is 2.82. The van der Waals surface area contributed by atoms with Crippen molar-refractivity contribution in [2.24, 2.45) is 0 Å². The van der Waals surface area contributed by atoms with E-state index in [0.717, 1.165) is 19.2 Å². The molecule has 1 aromatic heterocycles. The summed E-state index contributed by atoms with van der Waals surface area (Å²) in [5, 5.41) is 0.689. The summed E-state index contributed by atoms with van der Waals surface area (Å²) in [5.74, 6) is -0.185. The van der Waals surface area contributed by atoms with Gasteiger partial charge in [0, 0.05) is 33.4 Å². The first kappa shape index (κ1) is 17.7. The van der Waals surface area contributed by atoms with Gasteiger partial charge in [-0.1, -0.05) is 18.3 Å². The molecule has 9 heteroatoms. The van der Waals surface area contributed by atoms with E-state index < -0.39 is 9.84 Å². The summed E-state index contributed by atoms with van der Waals surface area (Å²) in [6, 6.07) is 0. The zero-order chi connectivity index (χ0) is 16.2. The molecule has 2 N–H and O–H groups in total. The third-order valence-electron chi connectivity index (χ3n) is 2.87. The summed E-state index contributed by atoms with van der Waals surface area (Å²) in [5.41, 5.74) is 5.80. The van der Waals surface area contributed by atoms with Crippen molar-refractivity contribution in [1.82, 2.24) is 9.88 Å². The lowest BCUT2D eigenvalue weighted by atomic mass is 10.4. The molecular formula is C12H22N4O3S2. The third kappa shape index (κ3) is 5.16. The van der Waals surface area contributed by atoms with Crippen LogP contribution in [0.3, 0.4) is 0 Å². The fourth-order valence-corrected chi connectivity index (χ4v) is 3.22. The van der Waals surface area contributed by atoms with Gasteiger partial charge in [0.2, 0.25) is 0 Å². The molecule has 0 spiro atoms. The Morgan fingerprint density at radius 1 is 1.33 bits per heavy atom. The second kappa shape index (κ2) is 7.08. The van der Waals surface area contributed by atoms with E-state index in [9.17, 15) is 13.2 Å². The Morgan fingerprint density at radius 2 is 1.95 bits per heavy atom. The minimum atomic E-state index is -3.11. The van der Waals surface area contributed by atoms with Crippen LogP contribution in [-0.2, 0) is 9.84 Å². The highest BCUT2D eigenvalue weighted by Gasteiger charge is 2.21. The van der Waals surface area contributed by atoms with Crippen molar-refractivity contribution in [3.05, 3.63) is 4.88 Å². The smallest absolute Gasteiger partial charge is 0.267 e. The van der Waals surface area contributed by atoms with Crippen molar-refractivity contribution in [3.8, 4) is 0 Å². The van der Waals surface area contributed by atoms with Gasteiger partial charge in [-0.3, -0.25) is 4.79 Å². The summed E-state index contributed by atoms with van der Waals surface area (Å²) in [6.45, 7) is 3.01. The maximum Gasteiger partial charge on any atom is 0.267 e. The molecule has 1 amide bonds. The average Bonchev–Trinajstić information content (AvgIpc) is 2.76. The number of anilines is 2. The maximum atomic E-state index is 12.3. The zero-order valence-electron chi connectivity index (χ0n) is 12.8. The topological polar surface area (TPSA) is 96.6 Å². The number of sulfone groups is 1. The number of hydrogen-bond acceptors (Lipinski definition) is 7. The largest absolute Gasteiger partial charge is 0.382 e. The Bertz CT molecular complexity index is 598. The summed E-state index contributed by atoms with van der Waals surface area (Å²) >= 11 is 1.23. The van der Waals surface area contributed by atoms with Crippen LogP contribution in [0.4, 0.5) is 10.9 Å². The number of aromatic nitrogens is 1. The molecule has 1 rings (SSSR count). The van der Waals surface area contributed by atoms with Crippen molar-refractivity contribution < 1.29 is 13.2 Å². The first-order valence-electron chi connectivity index (χ1n) is 6.56. The monoisotopic (exact) mass is 334 g/mol. The molecule has 0 aliphatic rings. The molecule has 1 aromatic rings. The number of amides is 1. The molecule has 0 unspecified atom stereocenters. The second-order valence-corrected chi connectivity index (χ2v) is 8.23. The number of rotatable bonds is 7. The van der Waals surface area contributed by atoms with Crippen LogP contribution < -0.4 is 10.6 Å². The quantitative estimate of drug-likeness (QED) is 0.788. The van der Waals surface area contributed by atoms with Gasteiger partial charge in [-0.05, 0) is 6.42 Å². The Kier molecular flexibility index (Phi) is 5.97. The van der Waals surface area contributed by atoms with E-state index in [1.165, 1.54) is 16.2 Å². The number of carbonyl (C=O) groups is 1. The van der Waals surface area contributed by atoms with Crippen LogP contribution in [0.1, 0.15) is 23.0 Å². The van der Waals surface area contributed by atoms with Gasteiger partial charge in [0.05, 0.1) is 5.75 Å². The van der Waals surface area contributed by atoms with Gasteiger partial charge in [0.25, 0.3) is 5.91 Å². The highest BCUT2D eigenvalue weighted by molar-refractivity contribution is 7.90. The van der Waals surface area contributed by atoms with Crippen molar-refractivity contribution in [3.63, 3.8) is 0 Å². The van der Waals surface area contributed by atoms with Crippen LogP contribution in [0.5, 0.6) is 0 Å². The minimum Gasteiger partial charge on any atom is -0.382 e. The predicted molar refractivity (Wildman–Crippen MR) is 86.8 cm³/mol. The van der Waals surface area contributed by atoms with E-state index in [-0.39, 0.29) is 24.0 Å². The van der Waals surface area contributed by atoms with Crippen LogP contribution >= 0.6 is 11.3 Å². The number of nitrogens with two attached hydrogens (primary N) is 1. The highest BCUT2D eigenvalue weighted by Crippen LogP contribution is 2.28. The molecule has 0 bridgehead atoms. The van der Waals surface area contributed by atoms with E-state index in [1.54, 1.807) is 7.05 Å². The van der Waals surface area contributed by atoms with E-state index in [4.69, 9.17) is 5.73 Å². The lowest BCUT2D eigenvalue weighted by molar-refractivity contribution is 0.0809. The molecule has 0 saturated heterocycles. The SMILES string of the molecule is CCCN(C)c1nc(N)c(C(=O)N(C)CCS(C)(=O)=O)s1. The van der Waals surface area contributed by atoms with Crippen LogP contribution in [0, 0.1) is 0 Å². The number of hydrogen-bond donors (Lipinski definition) is 1. The average molecular weight is 334 g/mol. The van der Waals surface area contributed by atoms with Gasteiger partial charge in [-0.15, -0.1) is 0 Å². The third-order valence-corrected chi connectivity index (χ3v) is 4.96. The van der Waals surface area contributed by atoms with Gasteiger partial charge >= 0.3 is 0 Å². The lowest BCUT2D eigenvalue weighted by Crippen LogP contribution is -2.31. The van der Waals surface area contributed by atoms with Crippen molar-refractivity contribution in [1.29, 1.82) is 0 Å². The molecule has 0 aromatic carbocycles. The summed E-state index contributed by atoms with van der Waals surface area (Å²) < 4.78 is 22.3. The van der Waals surface area contributed by atoms with E-state index in [1.807, 2.05) is 11.9 Å². The zero-order valence-corrected chi connectivity index (χ0v) is 14.4. The Labute approximate surface area is 129 Å². The molecule has 120 valence electrons. The molecule has 21 heavy (non-hydrogen) atoms. The molecule has 0 radical (unpaired) electrons. The normalized spacial score (nSPS) is 11.4. The van der Waals surface area contributed by atoms with E-state index >= 15 is 0 Å². The summed E-state index contributed by atoms with van der Waals surface area (Å²) in [6.07, 6.45) is 2.11. The summed E-state index contributed by atoms with van der Waals surface area (Å²) in [4.78, 5) is 20.1. The predicted octanol–water partition coefficient (Wildman–Crippen LogP) is 0.688. The number of thiazole rings is 1. The minimum absolute atomic E-state index is 0.0729. The van der Waals surface area contributed by atoms with Gasteiger partial charge in [0.1, 0.15) is 20.5 Å². The molecule has 7 nitrogen and oxygen atoms in total. The molecular weight excluding hydrogens is 312 g/mol. The van der Waals surface area contributed by atoms with Gasteiger partial charge in [-0.25, -0.2) is 13.4 Å². The lowest BCUT2D eigenvalue weighted by Gasteiger charge is -2.15. The van der Waals surface area contributed by atoms with Crippen molar-refractivity contribution in [2.75, 3.05) is 49.8 Å². The van der Waals surface area contributed by atoms with Crippen LogP contribution in [0.25, 0.3) is 0 Å². The molecule has 0 aliphatic heterocycles. The van der Waals surface area contributed by atoms with Crippen molar-refractivity contribution >= 4 is 38.0 Å². The van der Waals surface area contributed by atoms with E-state index in [2.05, 4.69) is 11.9 Å². The number of nitrogen functional groups attached to an aromatic ring is 1. The van der Waals surface area contributed by atoms with Gasteiger partial charge < -0.3 is 15.5 Å². The van der Waals surface area contributed by atoms with Gasteiger partial charge in [-0.2, -0.15) is 0 Å². The molecule has 0 saturated carbocycles. The maximum absolute atomic E-state index is 12.3. The van der Waals surface area contributed by atoms with Crippen LogP contribution in [-0.4, -0.2) is 63.4 Å². The summed E-state index contributed by atoms with van der Waals surface area (Å²) in [7, 11) is 0.344.